The fourth-order valence-corrected chi connectivity index (χ4v) is 7.40. The SMILES string of the molecule is CCCCCCNCC1=C(C)c2cc3nc(c(C)c4[nH]c(cc5[nH]c(cc1n2)c(C)c5CC)c(C)c4C(=O)OC)[C@@H](CCC(=O)OC)[C@@H]3C. The number of nitrogens with zero attached hydrogens (tertiary/aromatic N) is 2. The lowest BCUT2D eigenvalue weighted by Gasteiger charge is -2.16. The fraction of sp³-hybridized carbons (Fsp3) is 0.500. The largest absolute Gasteiger partial charge is 0.469 e. The summed E-state index contributed by atoms with van der Waals surface area (Å²) in [6.07, 6.45) is 6.54. The number of esters is 2. The number of aryl methyl sites for hydroxylation is 4. The predicted octanol–water partition coefficient (Wildman–Crippen LogP) is 8.53. The molecule has 0 radical (unpaired) electrons. The van der Waals surface area contributed by atoms with E-state index < -0.39 is 5.97 Å². The van der Waals surface area contributed by atoms with Crippen LogP contribution in [0, 0.1) is 20.8 Å². The maximum Gasteiger partial charge on any atom is 0.340 e. The Morgan fingerprint density at radius 2 is 1.61 bits per heavy atom. The number of carbonyl (C=O) groups excluding carboxylic acids is 2. The van der Waals surface area contributed by atoms with E-state index in [4.69, 9.17) is 19.4 Å². The van der Waals surface area contributed by atoms with E-state index in [2.05, 4.69) is 68.1 Å². The van der Waals surface area contributed by atoms with E-state index in [9.17, 15) is 9.59 Å². The molecule has 9 nitrogen and oxygen atoms in total. The number of fused-ring (bicyclic) bond motifs is 8. The molecule has 5 heterocycles. The van der Waals surface area contributed by atoms with Gasteiger partial charge in [-0.15, -0.1) is 0 Å². The van der Waals surface area contributed by atoms with Gasteiger partial charge in [-0.25, -0.2) is 9.78 Å². The number of allylic oxidation sites excluding steroid dienone is 1. The van der Waals surface area contributed by atoms with Crippen LogP contribution in [0.15, 0.2) is 18.2 Å². The van der Waals surface area contributed by atoms with Crippen LogP contribution in [0.3, 0.4) is 0 Å². The number of aromatic amines is 2. The number of ether oxygens (including phenoxy) is 2. The van der Waals surface area contributed by atoms with Crippen LogP contribution >= 0.6 is 0 Å². The van der Waals surface area contributed by atoms with Crippen molar-refractivity contribution in [2.24, 2.45) is 0 Å². The first kappa shape index (κ1) is 36.1. The summed E-state index contributed by atoms with van der Waals surface area (Å²) in [5.74, 6) is -0.710. The van der Waals surface area contributed by atoms with Gasteiger partial charge in [0.1, 0.15) is 0 Å². The van der Waals surface area contributed by atoms with Crippen LogP contribution in [0.1, 0.15) is 133 Å². The van der Waals surface area contributed by atoms with Crippen LogP contribution in [0.25, 0.3) is 33.2 Å². The molecule has 0 saturated heterocycles. The summed E-state index contributed by atoms with van der Waals surface area (Å²) in [5.41, 5.74) is 14.0. The first-order valence-corrected chi connectivity index (χ1v) is 17.8. The van der Waals surface area contributed by atoms with Crippen molar-refractivity contribution in [3.63, 3.8) is 0 Å². The molecule has 3 N–H and O–H groups in total. The number of rotatable bonds is 12. The Hall–Kier alpha value is -4.24. The van der Waals surface area contributed by atoms with Crippen molar-refractivity contribution in [3.8, 4) is 0 Å². The molecular formula is C40H53N5O4. The first-order chi connectivity index (χ1) is 23.5. The van der Waals surface area contributed by atoms with Gasteiger partial charge in [0, 0.05) is 52.7 Å². The number of H-pyrrole nitrogens is 2. The molecule has 8 bridgehead atoms. The van der Waals surface area contributed by atoms with Gasteiger partial charge < -0.3 is 24.8 Å². The van der Waals surface area contributed by atoms with Crippen LogP contribution in [0.4, 0.5) is 0 Å². The Bertz CT molecular complexity index is 1930. The molecule has 5 rings (SSSR count). The third-order valence-corrected chi connectivity index (χ3v) is 10.6. The van der Waals surface area contributed by atoms with E-state index in [1.54, 1.807) is 0 Å². The van der Waals surface area contributed by atoms with Crippen molar-refractivity contribution in [3.05, 3.63) is 68.8 Å². The van der Waals surface area contributed by atoms with Crippen molar-refractivity contribution in [2.75, 3.05) is 27.3 Å². The summed E-state index contributed by atoms with van der Waals surface area (Å²) in [4.78, 5) is 43.4. The summed E-state index contributed by atoms with van der Waals surface area (Å²) in [6.45, 7) is 16.5. The Morgan fingerprint density at radius 3 is 2.31 bits per heavy atom. The molecule has 0 aliphatic carbocycles. The van der Waals surface area contributed by atoms with Gasteiger partial charge in [0.2, 0.25) is 0 Å². The molecule has 9 heteroatoms. The van der Waals surface area contributed by atoms with Crippen molar-refractivity contribution in [1.29, 1.82) is 0 Å². The van der Waals surface area contributed by atoms with Gasteiger partial charge in [-0.2, -0.15) is 0 Å². The van der Waals surface area contributed by atoms with Crippen molar-refractivity contribution in [1.82, 2.24) is 25.3 Å². The van der Waals surface area contributed by atoms with E-state index in [1.807, 2.05) is 13.8 Å². The Labute approximate surface area is 290 Å². The molecule has 0 unspecified atom stereocenters. The minimum Gasteiger partial charge on any atom is -0.469 e. The third-order valence-electron chi connectivity index (χ3n) is 10.6. The molecule has 3 aromatic heterocycles. The second-order valence-electron chi connectivity index (χ2n) is 13.5. The van der Waals surface area contributed by atoms with E-state index in [1.165, 1.54) is 50.2 Å². The molecular weight excluding hydrogens is 614 g/mol. The zero-order valence-corrected chi connectivity index (χ0v) is 30.8. The van der Waals surface area contributed by atoms with Crippen molar-refractivity contribution < 1.29 is 19.1 Å². The van der Waals surface area contributed by atoms with Crippen molar-refractivity contribution in [2.45, 2.75) is 105 Å². The lowest BCUT2D eigenvalue weighted by Crippen LogP contribution is -2.18. The Kier molecular flexibility index (Phi) is 11.4. The highest BCUT2D eigenvalue weighted by Gasteiger charge is 2.32. The number of methoxy groups -OCH3 is 2. The topological polar surface area (TPSA) is 122 Å². The number of nitrogens with one attached hydrogen (secondary N) is 3. The highest BCUT2D eigenvalue weighted by molar-refractivity contribution is 6.03. The molecule has 49 heavy (non-hydrogen) atoms. The van der Waals surface area contributed by atoms with Gasteiger partial charge in [-0.3, -0.25) is 9.78 Å². The number of aromatic nitrogens is 4. The number of hydrogen-bond acceptors (Lipinski definition) is 7. The van der Waals surface area contributed by atoms with E-state index >= 15 is 0 Å². The second-order valence-corrected chi connectivity index (χ2v) is 13.5. The zero-order valence-electron chi connectivity index (χ0n) is 30.8. The summed E-state index contributed by atoms with van der Waals surface area (Å²) in [6, 6.07) is 6.39. The molecule has 3 aromatic rings. The quantitative estimate of drug-likeness (QED) is 0.131. The lowest BCUT2D eigenvalue weighted by atomic mass is 9.85. The van der Waals surface area contributed by atoms with Gasteiger partial charge in [0.25, 0.3) is 0 Å². The smallest absolute Gasteiger partial charge is 0.340 e. The molecule has 0 fully saturated rings. The van der Waals surface area contributed by atoms with E-state index in [-0.39, 0.29) is 24.2 Å². The van der Waals surface area contributed by atoms with E-state index in [0.29, 0.717) is 17.5 Å². The van der Waals surface area contributed by atoms with Gasteiger partial charge in [-0.1, -0.05) is 40.0 Å². The molecule has 0 spiro atoms. The highest BCUT2D eigenvalue weighted by Crippen LogP contribution is 2.42. The maximum absolute atomic E-state index is 13.3. The summed E-state index contributed by atoms with van der Waals surface area (Å²) in [5, 5.41) is 3.69. The Balaban J connectivity index is 1.82. The van der Waals surface area contributed by atoms with Crippen LogP contribution in [-0.4, -0.2) is 59.2 Å². The normalized spacial score (nSPS) is 15.9. The lowest BCUT2D eigenvalue weighted by molar-refractivity contribution is -0.140. The monoisotopic (exact) mass is 667 g/mol. The second kappa shape index (κ2) is 15.5. The number of unbranched alkanes of at least 4 members (excludes halogenated alkanes) is 3. The fourth-order valence-electron chi connectivity index (χ4n) is 7.40. The average molecular weight is 668 g/mol. The number of hydrogen-bond donors (Lipinski definition) is 3. The predicted molar refractivity (Wildman–Crippen MR) is 198 cm³/mol. The highest BCUT2D eigenvalue weighted by atomic mass is 16.5. The standard InChI is InChI=1S/C40H53N5O4/c1-10-12-13-14-17-41-21-29-24(5)30-18-32-23(4)28(15-16-36(46)48-8)38(44-32)26(7)39-37(40(47)49-9)25(6)33(45-39)20-34-27(11-2)22(3)31(42-34)19-35(29)43-30/h18-20,23,28,41-42,45H,10-17,21H2,1-9H3/t23-,28-/m0/s1. The molecule has 2 atom stereocenters. The molecule has 2 aliphatic heterocycles. The minimum absolute atomic E-state index is 0.0116. The van der Waals surface area contributed by atoms with Crippen LogP contribution < -0.4 is 5.32 Å². The van der Waals surface area contributed by atoms with Gasteiger partial charge in [-0.05, 0) is 105 Å². The van der Waals surface area contributed by atoms with Gasteiger partial charge in [0.15, 0.2) is 0 Å². The minimum atomic E-state index is -0.406. The molecule has 0 aromatic carbocycles. The molecule has 0 amide bonds. The Morgan fingerprint density at radius 1 is 0.857 bits per heavy atom. The third kappa shape index (κ3) is 7.23. The summed E-state index contributed by atoms with van der Waals surface area (Å²) < 4.78 is 10.3. The summed E-state index contributed by atoms with van der Waals surface area (Å²) in [7, 11) is 2.83. The van der Waals surface area contributed by atoms with Crippen LogP contribution in [-0.2, 0) is 20.7 Å². The van der Waals surface area contributed by atoms with Crippen LogP contribution in [0.2, 0.25) is 0 Å². The molecule has 2 aliphatic rings. The first-order valence-electron chi connectivity index (χ1n) is 17.8. The maximum atomic E-state index is 13.3. The van der Waals surface area contributed by atoms with Gasteiger partial charge >= 0.3 is 11.9 Å². The van der Waals surface area contributed by atoms with Crippen molar-refractivity contribution >= 4 is 45.2 Å². The van der Waals surface area contributed by atoms with E-state index in [0.717, 1.165) is 82.0 Å². The van der Waals surface area contributed by atoms with Crippen LogP contribution in [0.5, 0.6) is 0 Å². The van der Waals surface area contributed by atoms with Gasteiger partial charge in [0.05, 0.1) is 36.7 Å². The average Bonchev–Trinajstić information content (AvgIpc) is 3.78. The summed E-state index contributed by atoms with van der Waals surface area (Å²) >= 11 is 0. The zero-order chi connectivity index (χ0) is 35.4. The molecule has 0 saturated carbocycles. The number of carbonyl (C=O) groups is 2. The molecule has 262 valence electrons.